The number of carbonyl (C=O) groups excluding carboxylic acids is 2. The number of anilines is 1. The van der Waals surface area contributed by atoms with E-state index in [9.17, 15) is 14.4 Å². The summed E-state index contributed by atoms with van der Waals surface area (Å²) in [7, 11) is 0. The van der Waals surface area contributed by atoms with E-state index in [1.807, 2.05) is 0 Å². The van der Waals surface area contributed by atoms with E-state index >= 15 is 0 Å². The van der Waals surface area contributed by atoms with Crippen molar-refractivity contribution in [3.63, 3.8) is 0 Å². The van der Waals surface area contributed by atoms with Crippen molar-refractivity contribution in [3.05, 3.63) is 36.4 Å². The van der Waals surface area contributed by atoms with Crippen molar-refractivity contribution >= 4 is 23.5 Å². The number of carboxylic acids is 1. The third kappa shape index (κ3) is 3.38. The van der Waals surface area contributed by atoms with Gasteiger partial charge in [-0.05, 0) is 24.6 Å². The highest BCUT2D eigenvalue weighted by Gasteiger charge is 2.21. The van der Waals surface area contributed by atoms with Gasteiger partial charge in [0.05, 0.1) is 5.69 Å². The molecule has 1 aliphatic heterocycles. The van der Waals surface area contributed by atoms with Gasteiger partial charge in [0, 0.05) is 5.56 Å². The Morgan fingerprint density at radius 2 is 2.29 bits per heavy atom. The molecule has 0 bridgehead atoms. The highest BCUT2D eigenvalue weighted by Crippen LogP contribution is 2.28. The van der Waals surface area contributed by atoms with Crippen molar-refractivity contribution in [2.45, 2.75) is 12.5 Å². The summed E-state index contributed by atoms with van der Waals surface area (Å²) >= 11 is 0. The summed E-state index contributed by atoms with van der Waals surface area (Å²) in [4.78, 5) is 34.2. The summed E-state index contributed by atoms with van der Waals surface area (Å²) in [6, 6.07) is 3.43. The third-order valence-electron chi connectivity index (χ3n) is 2.88. The van der Waals surface area contributed by atoms with Crippen LogP contribution in [-0.4, -0.2) is 35.5 Å². The van der Waals surface area contributed by atoms with Gasteiger partial charge in [0.25, 0.3) is 11.8 Å². The van der Waals surface area contributed by atoms with Crippen LogP contribution in [0, 0.1) is 0 Å². The SMILES string of the molecule is C=CCC(NC(=O)c1ccc2c(c1)OCC(=O)N2)C(=O)O. The van der Waals surface area contributed by atoms with Crippen molar-refractivity contribution in [2.75, 3.05) is 11.9 Å². The van der Waals surface area contributed by atoms with Crippen LogP contribution in [0.4, 0.5) is 5.69 Å². The zero-order valence-corrected chi connectivity index (χ0v) is 11.1. The van der Waals surface area contributed by atoms with E-state index in [0.29, 0.717) is 11.4 Å². The van der Waals surface area contributed by atoms with Crippen LogP contribution < -0.4 is 15.4 Å². The van der Waals surface area contributed by atoms with Gasteiger partial charge in [0.15, 0.2) is 6.61 Å². The molecule has 110 valence electrons. The second-order valence-corrected chi connectivity index (χ2v) is 4.44. The zero-order chi connectivity index (χ0) is 15.4. The first-order valence-electron chi connectivity index (χ1n) is 6.22. The highest BCUT2D eigenvalue weighted by molar-refractivity contribution is 6.00. The highest BCUT2D eigenvalue weighted by atomic mass is 16.5. The molecule has 7 nitrogen and oxygen atoms in total. The molecule has 7 heteroatoms. The zero-order valence-electron chi connectivity index (χ0n) is 11.1. The lowest BCUT2D eigenvalue weighted by Gasteiger charge is -2.19. The fourth-order valence-corrected chi connectivity index (χ4v) is 1.85. The number of carbonyl (C=O) groups is 3. The van der Waals surface area contributed by atoms with Gasteiger partial charge in [0.2, 0.25) is 0 Å². The van der Waals surface area contributed by atoms with Gasteiger partial charge in [-0.25, -0.2) is 4.79 Å². The molecule has 2 amide bonds. The monoisotopic (exact) mass is 290 g/mol. The second kappa shape index (κ2) is 6.08. The summed E-state index contributed by atoms with van der Waals surface area (Å²) in [5, 5.41) is 14.0. The maximum Gasteiger partial charge on any atom is 0.326 e. The van der Waals surface area contributed by atoms with Gasteiger partial charge in [-0.3, -0.25) is 9.59 Å². The van der Waals surface area contributed by atoms with Crippen LogP contribution in [0.25, 0.3) is 0 Å². The van der Waals surface area contributed by atoms with Gasteiger partial charge in [-0.15, -0.1) is 6.58 Å². The van der Waals surface area contributed by atoms with Gasteiger partial charge in [-0.1, -0.05) is 6.08 Å². The molecule has 0 aromatic heterocycles. The van der Waals surface area contributed by atoms with Crippen LogP contribution in [0.15, 0.2) is 30.9 Å². The molecule has 21 heavy (non-hydrogen) atoms. The molecular formula is C14H14N2O5. The molecular weight excluding hydrogens is 276 g/mol. The number of ether oxygens (including phenoxy) is 1. The number of hydrogen-bond donors (Lipinski definition) is 3. The summed E-state index contributed by atoms with van der Waals surface area (Å²) < 4.78 is 5.20. The van der Waals surface area contributed by atoms with Crippen molar-refractivity contribution in [2.24, 2.45) is 0 Å². The fourth-order valence-electron chi connectivity index (χ4n) is 1.85. The van der Waals surface area contributed by atoms with Crippen LogP contribution in [0.5, 0.6) is 5.75 Å². The Labute approximate surface area is 120 Å². The number of fused-ring (bicyclic) bond motifs is 1. The number of amides is 2. The molecule has 1 aliphatic rings. The summed E-state index contributed by atoms with van der Waals surface area (Å²) in [6.07, 6.45) is 1.54. The number of carboxylic acid groups (broad SMARTS) is 1. The molecule has 0 saturated heterocycles. The molecule has 2 rings (SSSR count). The maximum atomic E-state index is 12.0. The maximum absolute atomic E-state index is 12.0. The summed E-state index contributed by atoms with van der Waals surface area (Å²) in [6.45, 7) is 3.33. The summed E-state index contributed by atoms with van der Waals surface area (Å²) in [5.41, 5.74) is 0.726. The minimum atomic E-state index is -1.13. The molecule has 0 fully saturated rings. The van der Waals surface area contributed by atoms with Crippen LogP contribution in [0.1, 0.15) is 16.8 Å². The first-order chi connectivity index (χ1) is 10.0. The van der Waals surface area contributed by atoms with E-state index in [0.717, 1.165) is 0 Å². The van der Waals surface area contributed by atoms with Crippen molar-refractivity contribution < 1.29 is 24.2 Å². The van der Waals surface area contributed by atoms with Gasteiger partial charge in [0.1, 0.15) is 11.8 Å². The molecule has 0 radical (unpaired) electrons. The van der Waals surface area contributed by atoms with Crippen molar-refractivity contribution in [1.29, 1.82) is 0 Å². The Morgan fingerprint density at radius 1 is 1.52 bits per heavy atom. The molecule has 0 aliphatic carbocycles. The Bertz CT molecular complexity index is 611. The Morgan fingerprint density at radius 3 is 2.95 bits per heavy atom. The lowest BCUT2D eigenvalue weighted by Crippen LogP contribution is -2.40. The number of benzene rings is 1. The van der Waals surface area contributed by atoms with E-state index in [-0.39, 0.29) is 24.5 Å². The van der Waals surface area contributed by atoms with E-state index in [4.69, 9.17) is 9.84 Å². The first-order valence-corrected chi connectivity index (χ1v) is 6.22. The van der Waals surface area contributed by atoms with Crippen molar-refractivity contribution in [1.82, 2.24) is 5.32 Å². The van der Waals surface area contributed by atoms with Crippen molar-refractivity contribution in [3.8, 4) is 5.75 Å². The van der Waals surface area contributed by atoms with Gasteiger partial charge in [-0.2, -0.15) is 0 Å². The number of nitrogens with one attached hydrogen (secondary N) is 2. The quantitative estimate of drug-likeness (QED) is 0.695. The number of aliphatic carboxylic acids is 1. The fraction of sp³-hybridized carbons (Fsp3) is 0.214. The minimum Gasteiger partial charge on any atom is -0.482 e. The van der Waals surface area contributed by atoms with Gasteiger partial charge < -0.3 is 20.5 Å². The first kappa shape index (κ1) is 14.6. The van der Waals surface area contributed by atoms with Crippen LogP contribution in [0.2, 0.25) is 0 Å². The third-order valence-corrected chi connectivity index (χ3v) is 2.88. The second-order valence-electron chi connectivity index (χ2n) is 4.44. The molecule has 1 heterocycles. The molecule has 1 atom stereocenters. The van der Waals surface area contributed by atoms with E-state index in [1.165, 1.54) is 24.3 Å². The molecule has 1 aromatic rings. The van der Waals surface area contributed by atoms with Crippen LogP contribution >= 0.6 is 0 Å². The number of rotatable bonds is 5. The predicted molar refractivity (Wildman–Crippen MR) is 74.3 cm³/mol. The largest absolute Gasteiger partial charge is 0.482 e. The van der Waals surface area contributed by atoms with Gasteiger partial charge >= 0.3 is 5.97 Å². The Balaban J connectivity index is 2.14. The Hall–Kier alpha value is -2.83. The Kier molecular flexibility index (Phi) is 4.22. The molecule has 1 aromatic carbocycles. The normalized spacial score (nSPS) is 14.2. The minimum absolute atomic E-state index is 0.119. The van der Waals surface area contributed by atoms with Crippen LogP contribution in [0.3, 0.4) is 0 Å². The predicted octanol–water partition coefficient (Wildman–Crippen LogP) is 0.777. The molecule has 1 unspecified atom stereocenters. The topological polar surface area (TPSA) is 105 Å². The smallest absolute Gasteiger partial charge is 0.326 e. The standard InChI is InChI=1S/C14H14N2O5/c1-2-3-10(14(19)20)16-13(18)8-4-5-9-11(6-8)21-7-12(17)15-9/h2,4-6,10H,1,3,7H2,(H,15,17)(H,16,18)(H,19,20). The lowest BCUT2D eigenvalue weighted by atomic mass is 10.1. The molecule has 0 spiro atoms. The summed E-state index contributed by atoms with van der Waals surface area (Å²) in [5.74, 6) is -1.56. The van der Waals surface area contributed by atoms with Crippen LogP contribution in [-0.2, 0) is 9.59 Å². The molecule has 3 N–H and O–H groups in total. The van der Waals surface area contributed by atoms with E-state index < -0.39 is 17.9 Å². The average molecular weight is 290 g/mol. The molecule has 0 saturated carbocycles. The lowest BCUT2D eigenvalue weighted by molar-refractivity contribution is -0.139. The average Bonchev–Trinajstić information content (AvgIpc) is 2.45. The number of hydrogen-bond acceptors (Lipinski definition) is 4. The van der Waals surface area contributed by atoms with E-state index in [2.05, 4.69) is 17.2 Å². The van der Waals surface area contributed by atoms with E-state index in [1.54, 1.807) is 0 Å².